The molecule has 0 saturated carbocycles. The SMILES string of the molecule is O=C(NC/C(F)=C1\COCc2cnn(C3CCN(c4ccc(F)cc4)CC3)c21)NS(=O)(=O)c1cc(Cl)c(Cl)s1. The number of halogens is 4. The molecule has 15 heteroatoms. The van der Waals surface area contributed by atoms with Gasteiger partial charge in [-0.25, -0.2) is 26.7 Å². The number of hydrogen-bond acceptors (Lipinski definition) is 7. The van der Waals surface area contributed by atoms with Crippen LogP contribution in [0, 0.1) is 5.82 Å². The molecule has 0 radical (unpaired) electrons. The summed E-state index contributed by atoms with van der Waals surface area (Å²) in [6.45, 7) is 1.14. The van der Waals surface area contributed by atoms with Gasteiger partial charge in [0.2, 0.25) is 0 Å². The lowest BCUT2D eigenvalue weighted by Crippen LogP contribution is -2.40. The number of aromatic nitrogens is 2. The maximum absolute atomic E-state index is 15.4. The summed E-state index contributed by atoms with van der Waals surface area (Å²) in [4.78, 5) is 14.4. The second-order valence-corrected chi connectivity index (χ2v) is 13.0. The molecule has 9 nitrogen and oxygen atoms in total. The average Bonchev–Trinajstić information content (AvgIpc) is 3.51. The highest BCUT2D eigenvalue weighted by Crippen LogP contribution is 2.35. The van der Waals surface area contributed by atoms with Crippen LogP contribution in [0.4, 0.5) is 19.3 Å². The van der Waals surface area contributed by atoms with Gasteiger partial charge in [-0.1, -0.05) is 23.2 Å². The second kappa shape index (κ2) is 11.4. The first kappa shape index (κ1) is 27.8. The third-order valence-corrected chi connectivity index (χ3v) is 10.2. The van der Waals surface area contributed by atoms with Gasteiger partial charge in [-0.15, -0.1) is 11.3 Å². The number of urea groups is 1. The number of fused-ring (bicyclic) bond motifs is 1. The Labute approximate surface area is 237 Å². The van der Waals surface area contributed by atoms with Crippen LogP contribution in [0.5, 0.6) is 0 Å². The quantitative estimate of drug-likeness (QED) is 0.397. The third kappa shape index (κ3) is 6.07. The molecular formula is C24H23Cl2F2N5O4S2. The molecule has 2 aromatic heterocycles. The molecule has 39 heavy (non-hydrogen) atoms. The van der Waals surface area contributed by atoms with Gasteiger partial charge in [-0.05, 0) is 43.2 Å². The molecule has 208 valence electrons. The number of sulfonamides is 1. The van der Waals surface area contributed by atoms with Gasteiger partial charge in [0.1, 0.15) is 20.2 Å². The van der Waals surface area contributed by atoms with E-state index in [9.17, 15) is 17.6 Å². The summed E-state index contributed by atoms with van der Waals surface area (Å²) in [6, 6.07) is 6.39. The average molecular weight is 619 g/mol. The molecule has 3 aromatic rings. The van der Waals surface area contributed by atoms with E-state index in [-0.39, 0.29) is 44.2 Å². The molecule has 0 atom stereocenters. The van der Waals surface area contributed by atoms with Crippen molar-refractivity contribution in [1.82, 2.24) is 19.8 Å². The molecular weight excluding hydrogens is 595 g/mol. The monoisotopic (exact) mass is 617 g/mol. The maximum atomic E-state index is 15.4. The zero-order chi connectivity index (χ0) is 27.7. The van der Waals surface area contributed by atoms with Gasteiger partial charge in [0.25, 0.3) is 10.0 Å². The summed E-state index contributed by atoms with van der Waals surface area (Å²) in [6.07, 6.45) is 3.14. The van der Waals surface area contributed by atoms with Crippen LogP contribution >= 0.6 is 34.5 Å². The Hall–Kier alpha value is -2.71. The van der Waals surface area contributed by atoms with E-state index in [0.29, 0.717) is 17.0 Å². The highest BCUT2D eigenvalue weighted by Gasteiger charge is 2.30. The van der Waals surface area contributed by atoms with Crippen molar-refractivity contribution in [2.24, 2.45) is 0 Å². The summed E-state index contributed by atoms with van der Waals surface area (Å²) in [5, 5.41) is 6.80. The number of ether oxygens (including phenoxy) is 1. The van der Waals surface area contributed by atoms with Crippen LogP contribution in [0.1, 0.15) is 30.1 Å². The van der Waals surface area contributed by atoms with Crippen molar-refractivity contribution in [3.8, 4) is 0 Å². The molecule has 0 bridgehead atoms. The Morgan fingerprint density at radius 2 is 1.90 bits per heavy atom. The van der Waals surface area contributed by atoms with Crippen LogP contribution in [0.25, 0.3) is 5.57 Å². The minimum atomic E-state index is -4.23. The van der Waals surface area contributed by atoms with Crippen molar-refractivity contribution in [3.05, 3.63) is 68.8 Å². The first-order valence-electron chi connectivity index (χ1n) is 11.9. The number of rotatable bonds is 6. The van der Waals surface area contributed by atoms with Gasteiger partial charge >= 0.3 is 6.03 Å². The predicted molar refractivity (Wildman–Crippen MR) is 145 cm³/mol. The lowest BCUT2D eigenvalue weighted by Gasteiger charge is -2.35. The Morgan fingerprint density at radius 1 is 1.18 bits per heavy atom. The van der Waals surface area contributed by atoms with Crippen molar-refractivity contribution >= 4 is 61.9 Å². The molecule has 2 N–H and O–H groups in total. The zero-order valence-corrected chi connectivity index (χ0v) is 23.4. The molecule has 0 aliphatic carbocycles. The first-order valence-corrected chi connectivity index (χ1v) is 15.0. The molecule has 2 aliphatic rings. The fourth-order valence-corrected chi connectivity index (χ4v) is 7.41. The van der Waals surface area contributed by atoms with Gasteiger partial charge in [0.15, 0.2) is 0 Å². The van der Waals surface area contributed by atoms with E-state index in [1.807, 2.05) is 9.40 Å². The van der Waals surface area contributed by atoms with E-state index in [1.165, 1.54) is 12.1 Å². The summed E-state index contributed by atoms with van der Waals surface area (Å²) >= 11 is 12.3. The molecule has 4 heterocycles. The molecule has 1 aromatic carbocycles. The first-order chi connectivity index (χ1) is 18.6. The summed E-state index contributed by atoms with van der Waals surface area (Å²) in [5.41, 5.74) is 2.52. The molecule has 1 saturated heterocycles. The zero-order valence-electron chi connectivity index (χ0n) is 20.3. The van der Waals surface area contributed by atoms with E-state index in [1.54, 1.807) is 18.3 Å². The number of hydrogen-bond donors (Lipinski definition) is 2. The van der Waals surface area contributed by atoms with Gasteiger partial charge in [0, 0.05) is 29.9 Å². The van der Waals surface area contributed by atoms with Crippen molar-refractivity contribution in [1.29, 1.82) is 0 Å². The molecule has 1 fully saturated rings. The smallest absolute Gasteiger partial charge is 0.329 e. The van der Waals surface area contributed by atoms with E-state index < -0.39 is 28.4 Å². The molecule has 0 spiro atoms. The number of carbonyl (C=O) groups is 1. The number of piperidine rings is 1. The van der Waals surface area contributed by atoms with Crippen LogP contribution in [-0.2, 0) is 21.4 Å². The number of amides is 2. The van der Waals surface area contributed by atoms with Gasteiger partial charge in [0.05, 0.1) is 42.7 Å². The minimum absolute atomic E-state index is 0.0113. The fourth-order valence-electron chi connectivity index (χ4n) is 4.60. The standard InChI is InChI=1S/C24H23Cl2F2N5O4S2/c25-19-9-21(38-23(19)26)39(35,36)31-24(34)29-11-20(28)18-13-37-12-14-10-30-33(22(14)18)17-5-7-32(8-6-17)16-3-1-15(27)2-4-16/h1-4,9-10,17H,5-8,11-13H2,(H2,29,31,34)/b20-18-. The van der Waals surface area contributed by atoms with Crippen LogP contribution in [-0.4, -0.2) is 50.5 Å². The molecule has 2 aliphatic heterocycles. The van der Waals surface area contributed by atoms with Crippen molar-refractivity contribution in [2.45, 2.75) is 29.7 Å². The molecule has 5 rings (SSSR count). The maximum Gasteiger partial charge on any atom is 0.329 e. The fraction of sp³-hybridized carbons (Fsp3) is 0.333. The second-order valence-electron chi connectivity index (χ2n) is 9.01. The summed E-state index contributed by atoms with van der Waals surface area (Å²) in [7, 11) is -4.23. The van der Waals surface area contributed by atoms with Gasteiger partial charge in [-0.2, -0.15) is 5.10 Å². The largest absolute Gasteiger partial charge is 0.372 e. The van der Waals surface area contributed by atoms with E-state index in [4.69, 9.17) is 27.9 Å². The van der Waals surface area contributed by atoms with Crippen LogP contribution in [0.2, 0.25) is 9.36 Å². The van der Waals surface area contributed by atoms with E-state index in [2.05, 4.69) is 15.3 Å². The van der Waals surface area contributed by atoms with E-state index >= 15 is 4.39 Å². The van der Waals surface area contributed by atoms with Crippen LogP contribution in [0.3, 0.4) is 0 Å². The highest BCUT2D eigenvalue weighted by atomic mass is 35.5. The summed E-state index contributed by atoms with van der Waals surface area (Å²) in [5.74, 6) is -0.956. The van der Waals surface area contributed by atoms with Gasteiger partial charge in [-0.3, -0.25) is 4.68 Å². The number of anilines is 1. The third-order valence-electron chi connectivity index (χ3n) is 6.51. The number of nitrogens with zero attached hydrogens (tertiary/aromatic N) is 3. The number of carbonyl (C=O) groups excluding carboxylic acids is 1. The highest BCUT2D eigenvalue weighted by molar-refractivity contribution is 7.92. The summed E-state index contributed by atoms with van der Waals surface area (Å²) < 4.78 is 62.4. The van der Waals surface area contributed by atoms with Crippen molar-refractivity contribution < 1.29 is 26.7 Å². The number of benzene rings is 1. The number of nitrogens with one attached hydrogen (secondary N) is 2. The Balaban J connectivity index is 1.26. The molecule has 2 amide bonds. The van der Waals surface area contributed by atoms with Crippen LogP contribution in [0.15, 0.2) is 46.6 Å². The number of thiophene rings is 1. The Kier molecular flexibility index (Phi) is 8.15. The van der Waals surface area contributed by atoms with E-state index in [0.717, 1.165) is 43.2 Å². The Bertz CT molecular complexity index is 1500. The minimum Gasteiger partial charge on any atom is -0.372 e. The van der Waals surface area contributed by atoms with Crippen molar-refractivity contribution in [2.75, 3.05) is 31.1 Å². The molecule has 0 unspecified atom stereocenters. The predicted octanol–water partition coefficient (Wildman–Crippen LogP) is 5.13. The normalized spacial score (nSPS) is 17.6. The van der Waals surface area contributed by atoms with Gasteiger partial charge < -0.3 is 15.0 Å². The topological polar surface area (TPSA) is 106 Å². The lowest BCUT2D eigenvalue weighted by atomic mass is 10.0. The van der Waals surface area contributed by atoms with Crippen molar-refractivity contribution in [3.63, 3.8) is 0 Å². The Morgan fingerprint density at radius 3 is 2.56 bits per heavy atom. The van der Waals surface area contributed by atoms with Crippen LogP contribution < -0.4 is 14.9 Å². The lowest BCUT2D eigenvalue weighted by molar-refractivity contribution is 0.143.